The van der Waals surface area contributed by atoms with Crippen LogP contribution in [-0.2, 0) is 27.1 Å². The van der Waals surface area contributed by atoms with Crippen molar-refractivity contribution in [1.29, 1.82) is 0 Å². The van der Waals surface area contributed by atoms with Gasteiger partial charge in [0.25, 0.3) is 10.1 Å². The van der Waals surface area contributed by atoms with Crippen LogP contribution < -0.4 is 14.2 Å². The molecule has 0 aromatic heterocycles. The maximum Gasteiger partial charge on any atom is 0.264 e. The molecule has 6 nitrogen and oxygen atoms in total. The molecule has 1 aliphatic heterocycles. The summed E-state index contributed by atoms with van der Waals surface area (Å²) in [6.07, 6.45) is 5.46. The molecule has 1 heterocycles. The highest BCUT2D eigenvalue weighted by Gasteiger charge is 2.18. The highest BCUT2D eigenvalue weighted by atomic mass is 32.2. The van der Waals surface area contributed by atoms with Gasteiger partial charge in [-0.15, -0.1) is 0 Å². The molecule has 0 radical (unpaired) electrons. The topological polar surface area (TPSA) is 71.1 Å². The molecule has 1 aliphatic rings. The predicted molar refractivity (Wildman–Crippen MR) is 112 cm³/mol. The Morgan fingerprint density at radius 3 is 2.00 bits per heavy atom. The van der Waals surface area contributed by atoms with Gasteiger partial charge >= 0.3 is 0 Å². The van der Waals surface area contributed by atoms with Gasteiger partial charge in [0.1, 0.15) is 0 Å². The Morgan fingerprint density at radius 1 is 0.862 bits per heavy atom. The van der Waals surface area contributed by atoms with Crippen LogP contribution >= 0.6 is 0 Å². The third-order valence-electron chi connectivity index (χ3n) is 4.98. The molecule has 0 aliphatic carbocycles. The monoisotopic (exact) mass is 420 g/mol. The Balaban J connectivity index is 1.95. The Labute approximate surface area is 172 Å². The second-order valence-corrected chi connectivity index (χ2v) is 8.88. The van der Waals surface area contributed by atoms with Gasteiger partial charge in [-0.05, 0) is 67.5 Å². The fourth-order valence-electron chi connectivity index (χ4n) is 3.55. The average molecular weight is 421 g/mol. The van der Waals surface area contributed by atoms with Crippen molar-refractivity contribution in [1.82, 2.24) is 0 Å². The highest BCUT2D eigenvalue weighted by molar-refractivity contribution is 7.86. The van der Waals surface area contributed by atoms with Crippen molar-refractivity contribution in [3.63, 3.8) is 0 Å². The molecule has 1 unspecified atom stereocenters. The minimum atomic E-state index is -3.49. The second-order valence-electron chi connectivity index (χ2n) is 7.28. The van der Waals surface area contributed by atoms with E-state index in [0.29, 0.717) is 42.3 Å². The van der Waals surface area contributed by atoms with Crippen LogP contribution in [0.3, 0.4) is 0 Å². The molecule has 2 aromatic rings. The molecule has 0 saturated carbocycles. The van der Waals surface area contributed by atoms with Crippen LogP contribution in [0.5, 0.6) is 23.0 Å². The van der Waals surface area contributed by atoms with Crippen LogP contribution in [-0.4, -0.2) is 35.0 Å². The first-order chi connectivity index (χ1) is 13.9. The fourth-order valence-corrected chi connectivity index (χ4v) is 4.23. The van der Waals surface area contributed by atoms with Gasteiger partial charge in [0.2, 0.25) is 0 Å². The van der Waals surface area contributed by atoms with Crippen molar-refractivity contribution in [3.05, 3.63) is 47.5 Å². The van der Waals surface area contributed by atoms with E-state index in [4.69, 9.17) is 18.4 Å². The summed E-state index contributed by atoms with van der Waals surface area (Å²) >= 11 is 0. The van der Waals surface area contributed by atoms with Crippen LogP contribution in [0.25, 0.3) is 0 Å². The lowest BCUT2D eigenvalue weighted by molar-refractivity contribution is 0.186. The molecular formula is C22H28O6S. The minimum absolute atomic E-state index is 0.328. The van der Waals surface area contributed by atoms with Crippen molar-refractivity contribution in [2.75, 3.05) is 20.5 Å². The van der Waals surface area contributed by atoms with Gasteiger partial charge in [0, 0.05) is 0 Å². The molecule has 0 saturated heterocycles. The normalized spacial score (nSPS) is 17.7. The standard InChI is InChI=1S/C22H28O6S/c1-25-19-12-9-16-6-4-5-7-18(28-29(3,23)24)11-8-17-10-13-20(26-2)22(15-17)27-21(19)14-16/h9-10,12-15,18H,4-8,11H2,1-3H3. The van der Waals surface area contributed by atoms with E-state index in [1.54, 1.807) is 14.2 Å². The Bertz CT molecular complexity index is 938. The van der Waals surface area contributed by atoms with Gasteiger partial charge in [0.05, 0.1) is 26.6 Å². The number of benzene rings is 2. The van der Waals surface area contributed by atoms with Crippen molar-refractivity contribution >= 4 is 10.1 Å². The minimum Gasteiger partial charge on any atom is -0.493 e. The predicted octanol–water partition coefficient (Wildman–Crippen LogP) is 4.50. The number of rotatable bonds is 4. The Morgan fingerprint density at radius 2 is 1.45 bits per heavy atom. The summed E-state index contributed by atoms with van der Waals surface area (Å²) in [4.78, 5) is 0. The molecule has 158 valence electrons. The molecule has 29 heavy (non-hydrogen) atoms. The molecule has 0 spiro atoms. The van der Waals surface area contributed by atoms with E-state index in [0.717, 1.165) is 36.6 Å². The van der Waals surface area contributed by atoms with Crippen molar-refractivity contribution < 1.29 is 26.8 Å². The number of ether oxygens (including phenoxy) is 3. The quantitative estimate of drug-likeness (QED) is 0.678. The van der Waals surface area contributed by atoms with E-state index in [2.05, 4.69) is 0 Å². The number of hydrogen-bond acceptors (Lipinski definition) is 6. The van der Waals surface area contributed by atoms with Crippen LogP contribution in [0, 0.1) is 0 Å². The lowest BCUT2D eigenvalue weighted by Gasteiger charge is -2.19. The van der Waals surface area contributed by atoms with E-state index in [1.807, 2.05) is 36.4 Å². The summed E-state index contributed by atoms with van der Waals surface area (Å²) in [6.45, 7) is 0. The average Bonchev–Trinajstić information content (AvgIpc) is 2.68. The molecule has 0 fully saturated rings. The van der Waals surface area contributed by atoms with Crippen molar-refractivity contribution in [2.45, 2.75) is 44.6 Å². The summed E-state index contributed by atoms with van der Waals surface area (Å²) in [5, 5.41) is 0. The fraction of sp³-hybridized carbons (Fsp3) is 0.455. The maximum absolute atomic E-state index is 11.6. The summed E-state index contributed by atoms with van der Waals surface area (Å²) in [5.74, 6) is 2.53. The third-order valence-corrected chi connectivity index (χ3v) is 5.61. The molecule has 0 N–H and O–H groups in total. The van der Waals surface area contributed by atoms with Gasteiger partial charge in [0.15, 0.2) is 23.0 Å². The zero-order valence-electron chi connectivity index (χ0n) is 17.1. The number of methoxy groups -OCH3 is 2. The number of hydrogen-bond donors (Lipinski definition) is 0. The van der Waals surface area contributed by atoms with Gasteiger partial charge in [-0.2, -0.15) is 8.42 Å². The lowest BCUT2D eigenvalue weighted by Crippen LogP contribution is -2.18. The van der Waals surface area contributed by atoms with Gasteiger partial charge in [-0.1, -0.05) is 18.6 Å². The zero-order valence-corrected chi connectivity index (χ0v) is 18.0. The summed E-state index contributed by atoms with van der Waals surface area (Å²) < 4.78 is 45.7. The summed E-state index contributed by atoms with van der Waals surface area (Å²) in [5.41, 5.74) is 2.16. The van der Waals surface area contributed by atoms with Crippen LogP contribution in [0.1, 0.15) is 36.8 Å². The third kappa shape index (κ3) is 6.11. The van der Waals surface area contributed by atoms with E-state index >= 15 is 0 Å². The van der Waals surface area contributed by atoms with Crippen LogP contribution in [0.15, 0.2) is 36.4 Å². The van der Waals surface area contributed by atoms with Crippen LogP contribution in [0.2, 0.25) is 0 Å². The lowest BCUT2D eigenvalue weighted by atomic mass is 10.0. The molecule has 0 amide bonds. The van der Waals surface area contributed by atoms with E-state index in [1.165, 1.54) is 0 Å². The highest BCUT2D eigenvalue weighted by Crippen LogP contribution is 2.38. The molecule has 4 bridgehead atoms. The Kier molecular flexibility index (Phi) is 7.03. The first kappa shape index (κ1) is 21.5. The zero-order chi connectivity index (χ0) is 20.9. The molecule has 7 heteroatoms. The molecule has 3 rings (SSSR count). The van der Waals surface area contributed by atoms with E-state index < -0.39 is 10.1 Å². The second kappa shape index (κ2) is 9.50. The van der Waals surface area contributed by atoms with E-state index in [-0.39, 0.29) is 6.10 Å². The molecular weight excluding hydrogens is 392 g/mol. The van der Waals surface area contributed by atoms with E-state index in [9.17, 15) is 8.42 Å². The summed E-state index contributed by atoms with van der Waals surface area (Å²) in [6, 6.07) is 11.7. The number of aryl methyl sites for hydroxylation is 2. The SMILES string of the molecule is COc1ccc2cc1Oc1cc(ccc1OC)CCC(OS(C)(=O)=O)CCCC2. The molecule has 2 aromatic carbocycles. The first-order valence-corrected chi connectivity index (χ1v) is 11.6. The maximum atomic E-state index is 11.6. The van der Waals surface area contributed by atoms with Crippen LogP contribution in [0.4, 0.5) is 0 Å². The van der Waals surface area contributed by atoms with Crippen molar-refractivity contribution in [2.24, 2.45) is 0 Å². The van der Waals surface area contributed by atoms with Gasteiger partial charge in [-0.3, -0.25) is 4.18 Å². The van der Waals surface area contributed by atoms with Gasteiger partial charge < -0.3 is 14.2 Å². The summed E-state index contributed by atoms with van der Waals surface area (Å²) in [7, 11) is -0.271. The first-order valence-electron chi connectivity index (χ1n) is 9.78. The molecule has 1 atom stereocenters. The largest absolute Gasteiger partial charge is 0.493 e. The van der Waals surface area contributed by atoms with Crippen molar-refractivity contribution in [3.8, 4) is 23.0 Å². The van der Waals surface area contributed by atoms with Gasteiger partial charge in [-0.25, -0.2) is 0 Å². The Hall–Kier alpha value is -2.25. The number of fused-ring (bicyclic) bond motifs is 4. The smallest absolute Gasteiger partial charge is 0.264 e.